The molecule has 1 fully saturated rings. The van der Waals surface area contributed by atoms with Gasteiger partial charge in [-0.3, -0.25) is 0 Å². The summed E-state index contributed by atoms with van der Waals surface area (Å²) < 4.78 is 0. The number of halogens is 1. The molecule has 2 atom stereocenters. The Bertz CT molecular complexity index is 609. The number of hydrogen-bond donors (Lipinski definition) is 1. The molecule has 1 saturated heterocycles. The largest absolute Gasteiger partial charge is 0.369 e. The predicted octanol–water partition coefficient (Wildman–Crippen LogP) is 3.97. The average molecular weight is 301 g/mol. The molecule has 0 radical (unpaired) electrons. The Hall–Kier alpha value is -1.51. The molecular formula is C18H21ClN2. The number of aryl methyl sites for hydroxylation is 1. The van der Waals surface area contributed by atoms with Crippen LogP contribution in [0.25, 0.3) is 0 Å². The Morgan fingerprint density at radius 3 is 2.57 bits per heavy atom. The number of anilines is 1. The van der Waals surface area contributed by atoms with Crippen molar-refractivity contribution >= 4 is 17.3 Å². The van der Waals surface area contributed by atoms with Crippen molar-refractivity contribution < 1.29 is 0 Å². The third kappa shape index (κ3) is 3.39. The smallest absolute Gasteiger partial charge is 0.0426 e. The first-order valence-electron chi connectivity index (χ1n) is 7.44. The van der Waals surface area contributed by atoms with Gasteiger partial charge in [-0.1, -0.05) is 47.5 Å². The lowest BCUT2D eigenvalue weighted by Crippen LogP contribution is -2.46. The van der Waals surface area contributed by atoms with Gasteiger partial charge in [-0.05, 0) is 37.1 Å². The maximum atomic E-state index is 6.28. The van der Waals surface area contributed by atoms with Crippen LogP contribution < -0.4 is 10.6 Å². The first-order chi connectivity index (χ1) is 10.1. The highest BCUT2D eigenvalue weighted by Gasteiger charge is 2.26. The fourth-order valence-electron chi connectivity index (χ4n) is 3.10. The van der Waals surface area contributed by atoms with E-state index in [1.807, 2.05) is 18.2 Å². The van der Waals surface area contributed by atoms with Crippen molar-refractivity contribution in [3.8, 4) is 0 Å². The molecule has 3 heteroatoms. The van der Waals surface area contributed by atoms with Crippen LogP contribution in [0.3, 0.4) is 0 Å². The van der Waals surface area contributed by atoms with E-state index in [1.54, 1.807) is 0 Å². The Labute approximate surface area is 131 Å². The van der Waals surface area contributed by atoms with Crippen LogP contribution in [-0.4, -0.2) is 19.1 Å². The van der Waals surface area contributed by atoms with Crippen molar-refractivity contribution in [1.29, 1.82) is 0 Å². The molecule has 0 saturated carbocycles. The van der Waals surface area contributed by atoms with Crippen molar-refractivity contribution in [2.24, 2.45) is 5.73 Å². The summed E-state index contributed by atoms with van der Waals surface area (Å²) in [6, 6.07) is 17.1. The number of nitrogens with zero attached hydrogens (tertiary/aromatic N) is 1. The molecule has 0 spiro atoms. The summed E-state index contributed by atoms with van der Waals surface area (Å²) in [6.07, 6.45) is 1.04. The molecule has 110 valence electrons. The highest BCUT2D eigenvalue weighted by atomic mass is 35.5. The summed E-state index contributed by atoms with van der Waals surface area (Å²) in [5.41, 5.74) is 10.1. The van der Waals surface area contributed by atoms with E-state index >= 15 is 0 Å². The molecule has 0 aromatic heterocycles. The van der Waals surface area contributed by atoms with Crippen LogP contribution in [0.2, 0.25) is 5.02 Å². The van der Waals surface area contributed by atoms with Gasteiger partial charge in [0.2, 0.25) is 0 Å². The van der Waals surface area contributed by atoms with Crippen molar-refractivity contribution in [3.63, 3.8) is 0 Å². The lowest BCUT2D eigenvalue weighted by atomic mass is 9.88. The molecule has 2 nitrogen and oxygen atoms in total. The van der Waals surface area contributed by atoms with Crippen molar-refractivity contribution in [2.75, 3.05) is 18.0 Å². The second kappa shape index (κ2) is 6.08. The highest BCUT2D eigenvalue weighted by Crippen LogP contribution is 2.30. The molecule has 1 heterocycles. The molecule has 1 aliphatic heterocycles. The second-order valence-corrected chi connectivity index (χ2v) is 6.42. The molecule has 2 aromatic rings. The van der Waals surface area contributed by atoms with Gasteiger partial charge in [0, 0.05) is 35.8 Å². The molecule has 21 heavy (non-hydrogen) atoms. The molecule has 0 bridgehead atoms. The first-order valence-corrected chi connectivity index (χ1v) is 7.82. The van der Waals surface area contributed by atoms with E-state index in [0.717, 1.165) is 30.2 Å². The fraction of sp³-hybridized carbons (Fsp3) is 0.333. The fourth-order valence-corrected chi connectivity index (χ4v) is 3.29. The topological polar surface area (TPSA) is 29.3 Å². The van der Waals surface area contributed by atoms with Gasteiger partial charge in [-0.15, -0.1) is 0 Å². The van der Waals surface area contributed by atoms with Gasteiger partial charge < -0.3 is 10.6 Å². The van der Waals surface area contributed by atoms with Crippen LogP contribution in [0, 0.1) is 6.92 Å². The van der Waals surface area contributed by atoms with Crippen LogP contribution in [0.5, 0.6) is 0 Å². The lowest BCUT2D eigenvalue weighted by molar-refractivity contribution is 0.454. The molecule has 2 N–H and O–H groups in total. The molecule has 0 aliphatic carbocycles. The van der Waals surface area contributed by atoms with Gasteiger partial charge in [0.1, 0.15) is 0 Å². The number of piperidine rings is 1. The quantitative estimate of drug-likeness (QED) is 0.909. The van der Waals surface area contributed by atoms with Crippen LogP contribution >= 0.6 is 11.6 Å². The van der Waals surface area contributed by atoms with Gasteiger partial charge in [0.15, 0.2) is 0 Å². The third-order valence-corrected chi connectivity index (χ3v) is 4.44. The average Bonchev–Trinajstić information content (AvgIpc) is 2.47. The van der Waals surface area contributed by atoms with E-state index in [0.29, 0.717) is 5.92 Å². The summed E-state index contributed by atoms with van der Waals surface area (Å²) in [5.74, 6) is 0.480. The standard InChI is InChI=1S/C18H21ClN2/c1-13-5-7-14(8-6-13)15-9-17(20)12-21(11-15)18-4-2-3-16(19)10-18/h2-8,10,15,17H,9,11-12,20H2,1H3. The minimum atomic E-state index is 0.198. The number of hydrogen-bond acceptors (Lipinski definition) is 2. The maximum Gasteiger partial charge on any atom is 0.0426 e. The highest BCUT2D eigenvalue weighted by molar-refractivity contribution is 6.30. The number of nitrogens with two attached hydrogens (primary N) is 1. The summed E-state index contributed by atoms with van der Waals surface area (Å²) in [6.45, 7) is 4.01. The summed E-state index contributed by atoms with van der Waals surface area (Å²) >= 11 is 6.11. The van der Waals surface area contributed by atoms with Crippen LogP contribution in [0.15, 0.2) is 48.5 Å². The lowest BCUT2D eigenvalue weighted by Gasteiger charge is -2.38. The van der Waals surface area contributed by atoms with Gasteiger partial charge in [-0.25, -0.2) is 0 Å². The molecule has 0 amide bonds. The minimum absolute atomic E-state index is 0.198. The summed E-state index contributed by atoms with van der Waals surface area (Å²) in [7, 11) is 0. The van der Waals surface area contributed by atoms with Gasteiger partial charge in [0.25, 0.3) is 0 Å². The molecule has 2 aromatic carbocycles. The molecule has 2 unspecified atom stereocenters. The zero-order valence-electron chi connectivity index (χ0n) is 12.3. The monoisotopic (exact) mass is 300 g/mol. The second-order valence-electron chi connectivity index (χ2n) is 5.99. The first kappa shape index (κ1) is 14.4. The Balaban J connectivity index is 1.83. The van der Waals surface area contributed by atoms with E-state index in [1.165, 1.54) is 11.1 Å². The Morgan fingerprint density at radius 2 is 1.86 bits per heavy atom. The van der Waals surface area contributed by atoms with Gasteiger partial charge in [0.05, 0.1) is 0 Å². The van der Waals surface area contributed by atoms with E-state index in [9.17, 15) is 0 Å². The maximum absolute atomic E-state index is 6.28. The SMILES string of the molecule is Cc1ccc(C2CC(N)CN(c3cccc(Cl)c3)C2)cc1. The van der Waals surface area contributed by atoms with Gasteiger partial charge >= 0.3 is 0 Å². The minimum Gasteiger partial charge on any atom is -0.369 e. The van der Waals surface area contributed by atoms with E-state index in [2.05, 4.69) is 42.2 Å². The van der Waals surface area contributed by atoms with E-state index in [4.69, 9.17) is 17.3 Å². The predicted molar refractivity (Wildman–Crippen MR) is 90.2 cm³/mol. The van der Waals surface area contributed by atoms with Crippen LogP contribution in [0.4, 0.5) is 5.69 Å². The molecule has 3 rings (SSSR count). The van der Waals surface area contributed by atoms with Crippen molar-refractivity contribution in [2.45, 2.75) is 25.3 Å². The molecular weight excluding hydrogens is 280 g/mol. The summed E-state index contributed by atoms with van der Waals surface area (Å²) in [4.78, 5) is 2.35. The molecule has 1 aliphatic rings. The van der Waals surface area contributed by atoms with Crippen molar-refractivity contribution in [1.82, 2.24) is 0 Å². The number of benzene rings is 2. The van der Waals surface area contributed by atoms with E-state index < -0.39 is 0 Å². The van der Waals surface area contributed by atoms with Crippen molar-refractivity contribution in [3.05, 3.63) is 64.7 Å². The summed E-state index contributed by atoms with van der Waals surface area (Å²) in [5, 5.41) is 0.776. The van der Waals surface area contributed by atoms with E-state index in [-0.39, 0.29) is 6.04 Å². The Morgan fingerprint density at radius 1 is 1.10 bits per heavy atom. The third-order valence-electron chi connectivity index (χ3n) is 4.21. The Kier molecular flexibility index (Phi) is 4.18. The zero-order chi connectivity index (χ0) is 14.8. The normalized spacial score (nSPS) is 22.3. The van der Waals surface area contributed by atoms with Crippen LogP contribution in [0.1, 0.15) is 23.5 Å². The zero-order valence-corrected chi connectivity index (χ0v) is 13.1. The van der Waals surface area contributed by atoms with Crippen LogP contribution in [-0.2, 0) is 0 Å². The van der Waals surface area contributed by atoms with Gasteiger partial charge in [-0.2, -0.15) is 0 Å². The number of rotatable bonds is 2.